The number of aromatic nitrogens is 6. The second kappa shape index (κ2) is 10.1. The molecule has 2 aromatic heterocycles. The Morgan fingerprint density at radius 3 is 2.65 bits per heavy atom. The SMILES string of the molecule is COc1ccc(-n2cc(C)nn2)c(CNC(=O)c2cn(Cc3ccc4c(c3)CN(C(C)C)C4)nn2)c1F. The molecule has 0 spiro atoms. The van der Waals surface area contributed by atoms with Crippen LogP contribution in [0, 0.1) is 12.7 Å². The predicted octanol–water partition coefficient (Wildman–Crippen LogP) is 3.02. The van der Waals surface area contributed by atoms with Crippen LogP contribution in [0.15, 0.2) is 42.7 Å². The molecule has 1 aliphatic rings. The minimum absolute atomic E-state index is 0.0710. The number of nitrogens with zero attached hydrogens (tertiary/aromatic N) is 7. The van der Waals surface area contributed by atoms with Crippen LogP contribution in [0.25, 0.3) is 5.69 Å². The zero-order valence-corrected chi connectivity index (χ0v) is 21.3. The maximum atomic E-state index is 15.1. The van der Waals surface area contributed by atoms with E-state index in [4.69, 9.17) is 4.74 Å². The number of halogens is 1. The first kappa shape index (κ1) is 24.6. The molecule has 37 heavy (non-hydrogen) atoms. The average Bonchev–Trinajstić information content (AvgIpc) is 3.62. The molecule has 0 atom stereocenters. The van der Waals surface area contributed by atoms with Gasteiger partial charge in [0.15, 0.2) is 17.3 Å². The molecule has 1 amide bonds. The first-order valence-electron chi connectivity index (χ1n) is 12.1. The molecule has 1 N–H and O–H groups in total. The third-order valence-corrected chi connectivity index (χ3v) is 6.55. The second-order valence-electron chi connectivity index (χ2n) is 9.47. The van der Waals surface area contributed by atoms with Crippen LogP contribution in [-0.4, -0.2) is 53.9 Å². The number of nitrogens with one attached hydrogen (secondary N) is 1. The first-order valence-corrected chi connectivity index (χ1v) is 12.1. The van der Waals surface area contributed by atoms with Crippen LogP contribution in [0.3, 0.4) is 0 Å². The summed E-state index contributed by atoms with van der Waals surface area (Å²) in [6, 6.07) is 10.1. The molecule has 11 heteroatoms. The fourth-order valence-corrected chi connectivity index (χ4v) is 4.46. The topological polar surface area (TPSA) is 103 Å². The van der Waals surface area contributed by atoms with Gasteiger partial charge in [0.1, 0.15) is 0 Å². The Hall–Kier alpha value is -4.12. The van der Waals surface area contributed by atoms with Gasteiger partial charge in [-0.3, -0.25) is 9.69 Å². The van der Waals surface area contributed by atoms with Crippen molar-refractivity contribution in [2.75, 3.05) is 7.11 Å². The molecular formula is C26H29FN8O2. The third kappa shape index (κ3) is 5.08. The number of carbonyl (C=O) groups is 1. The molecule has 0 aliphatic carbocycles. The first-order chi connectivity index (χ1) is 17.8. The van der Waals surface area contributed by atoms with Crippen LogP contribution in [0.1, 0.15) is 52.3 Å². The maximum Gasteiger partial charge on any atom is 0.273 e. The Morgan fingerprint density at radius 2 is 1.92 bits per heavy atom. The number of amides is 1. The Morgan fingerprint density at radius 1 is 1.11 bits per heavy atom. The zero-order chi connectivity index (χ0) is 26.1. The molecule has 1 aliphatic heterocycles. The fourth-order valence-electron chi connectivity index (χ4n) is 4.46. The van der Waals surface area contributed by atoms with Gasteiger partial charge in [0.05, 0.1) is 37.4 Å². The largest absolute Gasteiger partial charge is 0.494 e. The minimum Gasteiger partial charge on any atom is -0.494 e. The van der Waals surface area contributed by atoms with E-state index in [1.165, 1.54) is 29.0 Å². The Kier molecular flexibility index (Phi) is 6.70. The van der Waals surface area contributed by atoms with Crippen molar-refractivity contribution in [1.82, 2.24) is 40.2 Å². The molecule has 192 valence electrons. The Bertz CT molecular complexity index is 1440. The van der Waals surface area contributed by atoms with Gasteiger partial charge in [-0.2, -0.15) is 0 Å². The monoisotopic (exact) mass is 504 g/mol. The number of aryl methyl sites for hydroxylation is 1. The molecule has 3 heterocycles. The number of hydrogen-bond acceptors (Lipinski definition) is 7. The van der Waals surface area contributed by atoms with E-state index in [-0.39, 0.29) is 23.6 Å². The van der Waals surface area contributed by atoms with Crippen molar-refractivity contribution in [2.24, 2.45) is 0 Å². The summed E-state index contributed by atoms with van der Waals surface area (Å²) in [4.78, 5) is 15.3. The minimum atomic E-state index is -0.579. The van der Waals surface area contributed by atoms with Crippen LogP contribution >= 0.6 is 0 Å². The van der Waals surface area contributed by atoms with Crippen LogP contribution in [-0.2, 0) is 26.2 Å². The van der Waals surface area contributed by atoms with Crippen molar-refractivity contribution in [1.29, 1.82) is 0 Å². The number of benzene rings is 2. The summed E-state index contributed by atoms with van der Waals surface area (Å²) in [5, 5.41) is 18.9. The lowest BCUT2D eigenvalue weighted by atomic mass is 10.1. The third-order valence-electron chi connectivity index (χ3n) is 6.55. The normalized spacial score (nSPS) is 13.2. The van der Waals surface area contributed by atoms with Crippen LogP contribution in [0.4, 0.5) is 4.39 Å². The van der Waals surface area contributed by atoms with Crippen molar-refractivity contribution in [3.05, 3.63) is 82.2 Å². The molecule has 0 saturated heterocycles. The van der Waals surface area contributed by atoms with E-state index >= 15 is 4.39 Å². The number of methoxy groups -OCH3 is 1. The molecule has 0 saturated carbocycles. The summed E-state index contributed by atoms with van der Waals surface area (Å²) in [6.45, 7) is 8.49. The van der Waals surface area contributed by atoms with Gasteiger partial charge in [-0.15, -0.1) is 10.2 Å². The number of ether oxygens (including phenoxy) is 1. The highest BCUT2D eigenvalue weighted by Crippen LogP contribution is 2.27. The number of rotatable bonds is 8. The highest BCUT2D eigenvalue weighted by molar-refractivity contribution is 5.91. The number of hydrogen-bond donors (Lipinski definition) is 1. The molecule has 10 nitrogen and oxygen atoms in total. The van der Waals surface area contributed by atoms with E-state index in [1.54, 1.807) is 30.1 Å². The van der Waals surface area contributed by atoms with Crippen LogP contribution in [0.5, 0.6) is 5.75 Å². The fraction of sp³-hybridized carbons (Fsp3) is 0.346. The van der Waals surface area contributed by atoms with Crippen LogP contribution < -0.4 is 10.1 Å². The summed E-state index contributed by atoms with van der Waals surface area (Å²) in [5.41, 5.74) is 5.27. The standard InChI is InChI=1S/C26H29FN8O2/c1-16(2)33-13-19-6-5-18(9-20(19)14-33)12-34-15-22(30-31-34)26(36)28-10-21-23(35-11-17(3)29-32-35)7-8-24(37-4)25(21)27/h5-9,11,15-16H,10,12-14H2,1-4H3,(H,28,36). The number of carbonyl (C=O) groups excluding carboxylic acids is 1. The molecule has 4 aromatic rings. The molecule has 0 fully saturated rings. The van der Waals surface area contributed by atoms with E-state index in [9.17, 15) is 4.79 Å². The van der Waals surface area contributed by atoms with E-state index in [1.807, 2.05) is 0 Å². The lowest BCUT2D eigenvalue weighted by Gasteiger charge is -2.18. The predicted molar refractivity (Wildman–Crippen MR) is 134 cm³/mol. The summed E-state index contributed by atoms with van der Waals surface area (Å²) in [7, 11) is 1.39. The summed E-state index contributed by atoms with van der Waals surface area (Å²) < 4.78 is 23.3. The molecule has 0 radical (unpaired) electrons. The van der Waals surface area contributed by atoms with Gasteiger partial charge in [-0.25, -0.2) is 13.8 Å². The van der Waals surface area contributed by atoms with Gasteiger partial charge >= 0.3 is 0 Å². The average molecular weight is 505 g/mol. The smallest absolute Gasteiger partial charge is 0.273 e. The maximum absolute atomic E-state index is 15.1. The van der Waals surface area contributed by atoms with Gasteiger partial charge in [-0.05, 0) is 49.6 Å². The summed E-state index contributed by atoms with van der Waals surface area (Å²) >= 11 is 0. The Labute approximate surface area is 214 Å². The molecule has 2 aromatic carbocycles. The van der Waals surface area contributed by atoms with Crippen LogP contribution in [0.2, 0.25) is 0 Å². The van der Waals surface area contributed by atoms with Gasteiger partial charge < -0.3 is 10.1 Å². The second-order valence-corrected chi connectivity index (χ2v) is 9.47. The van der Waals surface area contributed by atoms with Gasteiger partial charge in [0.25, 0.3) is 5.91 Å². The summed E-state index contributed by atoms with van der Waals surface area (Å²) in [5.74, 6) is -0.970. The van der Waals surface area contributed by atoms with E-state index < -0.39 is 11.7 Å². The quantitative estimate of drug-likeness (QED) is 0.393. The van der Waals surface area contributed by atoms with Crippen molar-refractivity contribution in [3.63, 3.8) is 0 Å². The lowest BCUT2D eigenvalue weighted by molar-refractivity contribution is 0.0945. The van der Waals surface area contributed by atoms with Crippen molar-refractivity contribution in [2.45, 2.75) is 53.0 Å². The summed E-state index contributed by atoms with van der Waals surface area (Å²) in [6.07, 6.45) is 3.27. The van der Waals surface area contributed by atoms with Crippen molar-refractivity contribution in [3.8, 4) is 11.4 Å². The number of fused-ring (bicyclic) bond motifs is 1. The van der Waals surface area contributed by atoms with Gasteiger partial charge in [0.2, 0.25) is 0 Å². The molecule has 0 unspecified atom stereocenters. The lowest BCUT2D eigenvalue weighted by Crippen LogP contribution is -2.25. The highest BCUT2D eigenvalue weighted by atomic mass is 19.1. The van der Waals surface area contributed by atoms with E-state index in [0.717, 1.165) is 18.7 Å². The van der Waals surface area contributed by atoms with Crippen molar-refractivity contribution >= 4 is 5.91 Å². The van der Waals surface area contributed by atoms with E-state index in [2.05, 4.69) is 62.9 Å². The van der Waals surface area contributed by atoms with Gasteiger partial charge in [0, 0.05) is 31.2 Å². The molecular weight excluding hydrogens is 475 g/mol. The Balaban J connectivity index is 1.28. The van der Waals surface area contributed by atoms with E-state index in [0.29, 0.717) is 24.0 Å². The molecule has 0 bridgehead atoms. The van der Waals surface area contributed by atoms with Crippen molar-refractivity contribution < 1.29 is 13.9 Å². The zero-order valence-electron chi connectivity index (χ0n) is 21.3. The molecule has 5 rings (SSSR count). The highest BCUT2D eigenvalue weighted by Gasteiger charge is 2.22. The van der Waals surface area contributed by atoms with Gasteiger partial charge in [-0.1, -0.05) is 28.6 Å².